The number of nitrogens with zero attached hydrogens (tertiary/aromatic N) is 1. The van der Waals surface area contributed by atoms with Crippen LogP contribution in [0.3, 0.4) is 0 Å². The number of carbonyl (C=O) groups is 2. The van der Waals surface area contributed by atoms with Crippen molar-refractivity contribution in [2.24, 2.45) is 5.10 Å². The molecule has 0 atom stereocenters. The molecule has 7 heteroatoms. The van der Waals surface area contributed by atoms with E-state index < -0.39 is 5.97 Å². The van der Waals surface area contributed by atoms with E-state index in [0.717, 1.165) is 5.56 Å². The van der Waals surface area contributed by atoms with E-state index in [9.17, 15) is 9.59 Å². The maximum absolute atomic E-state index is 12.1. The van der Waals surface area contributed by atoms with E-state index in [1.807, 2.05) is 0 Å². The van der Waals surface area contributed by atoms with Crippen LogP contribution in [-0.4, -0.2) is 18.1 Å². The van der Waals surface area contributed by atoms with Gasteiger partial charge in [0.25, 0.3) is 5.91 Å². The Morgan fingerprint density at radius 1 is 1.07 bits per heavy atom. The largest absolute Gasteiger partial charge is 0.469 e. The second kappa shape index (κ2) is 8.33. The van der Waals surface area contributed by atoms with Crippen molar-refractivity contribution >= 4 is 29.7 Å². The third-order valence-corrected chi connectivity index (χ3v) is 4.00. The zero-order valence-corrected chi connectivity index (χ0v) is 15.1. The van der Waals surface area contributed by atoms with Gasteiger partial charge in [-0.05, 0) is 55.0 Å². The average molecular weight is 383 g/mol. The molecule has 0 spiro atoms. The fourth-order valence-electron chi connectivity index (χ4n) is 2.26. The van der Waals surface area contributed by atoms with Crippen LogP contribution in [0.25, 0.3) is 0 Å². The molecule has 0 radical (unpaired) electrons. The number of ether oxygens (including phenoxy) is 1. The van der Waals surface area contributed by atoms with Crippen LogP contribution in [0.4, 0.5) is 0 Å². The summed E-state index contributed by atoms with van der Waals surface area (Å²) in [5.41, 5.74) is 3.86. The van der Waals surface area contributed by atoms with Crippen LogP contribution in [-0.2, 0) is 0 Å². The lowest BCUT2D eigenvalue weighted by molar-refractivity contribution is 0.0734. The highest BCUT2D eigenvalue weighted by Gasteiger charge is 2.12. The SMILES string of the molecule is Cc1occc1C(=O)N/N=C/c1ccc(OC(=O)c2ccccc2Cl)cc1. The molecule has 0 saturated carbocycles. The summed E-state index contributed by atoms with van der Waals surface area (Å²) in [4.78, 5) is 24.0. The number of aryl methyl sites for hydroxylation is 1. The molecule has 0 aliphatic rings. The highest BCUT2D eigenvalue weighted by molar-refractivity contribution is 6.33. The van der Waals surface area contributed by atoms with Crippen LogP contribution >= 0.6 is 11.6 Å². The highest BCUT2D eigenvalue weighted by atomic mass is 35.5. The predicted octanol–water partition coefficient (Wildman–Crippen LogP) is 4.22. The molecule has 0 saturated heterocycles. The molecular weight excluding hydrogens is 368 g/mol. The molecule has 1 amide bonds. The average Bonchev–Trinajstić information content (AvgIpc) is 3.09. The molecule has 1 aromatic heterocycles. The third kappa shape index (κ3) is 4.62. The summed E-state index contributed by atoms with van der Waals surface area (Å²) in [6, 6.07) is 14.9. The van der Waals surface area contributed by atoms with Gasteiger partial charge >= 0.3 is 5.97 Å². The Kier molecular flexibility index (Phi) is 5.68. The van der Waals surface area contributed by atoms with E-state index in [4.69, 9.17) is 20.8 Å². The molecule has 1 heterocycles. The lowest BCUT2D eigenvalue weighted by atomic mass is 10.2. The molecule has 27 heavy (non-hydrogen) atoms. The van der Waals surface area contributed by atoms with Gasteiger partial charge in [0.05, 0.1) is 28.6 Å². The normalized spacial score (nSPS) is 10.7. The molecule has 0 aliphatic heterocycles. The number of carbonyl (C=O) groups excluding carboxylic acids is 2. The monoisotopic (exact) mass is 382 g/mol. The van der Waals surface area contributed by atoms with Crippen molar-refractivity contribution in [1.82, 2.24) is 5.43 Å². The van der Waals surface area contributed by atoms with Crippen LogP contribution in [0.15, 0.2) is 70.4 Å². The number of hydrazone groups is 1. The van der Waals surface area contributed by atoms with Crippen molar-refractivity contribution in [3.05, 3.63) is 88.3 Å². The Labute approximate surface area is 160 Å². The van der Waals surface area contributed by atoms with Crippen LogP contribution in [0.1, 0.15) is 32.0 Å². The first kappa shape index (κ1) is 18.4. The zero-order chi connectivity index (χ0) is 19.2. The number of hydrogen-bond acceptors (Lipinski definition) is 5. The van der Waals surface area contributed by atoms with Gasteiger partial charge in [0, 0.05) is 0 Å². The van der Waals surface area contributed by atoms with Crippen molar-refractivity contribution in [3.63, 3.8) is 0 Å². The van der Waals surface area contributed by atoms with E-state index >= 15 is 0 Å². The van der Waals surface area contributed by atoms with Gasteiger partial charge in [0.1, 0.15) is 11.5 Å². The third-order valence-electron chi connectivity index (χ3n) is 3.67. The van der Waals surface area contributed by atoms with Gasteiger partial charge in [-0.2, -0.15) is 5.10 Å². The van der Waals surface area contributed by atoms with Gasteiger partial charge in [-0.15, -0.1) is 0 Å². The standard InChI is InChI=1S/C20H15ClN2O4/c1-13-16(10-11-26-13)19(24)23-22-12-14-6-8-15(9-7-14)27-20(25)17-4-2-3-5-18(17)21/h2-12H,1H3,(H,23,24)/b22-12+. The van der Waals surface area contributed by atoms with Crippen molar-refractivity contribution < 1.29 is 18.7 Å². The van der Waals surface area contributed by atoms with Gasteiger partial charge < -0.3 is 9.15 Å². The summed E-state index contributed by atoms with van der Waals surface area (Å²) < 4.78 is 10.4. The molecule has 0 unspecified atom stereocenters. The lowest BCUT2D eigenvalue weighted by Crippen LogP contribution is -2.17. The Morgan fingerprint density at radius 3 is 2.48 bits per heavy atom. The molecule has 0 bridgehead atoms. The van der Waals surface area contributed by atoms with E-state index in [2.05, 4.69) is 10.5 Å². The Hall–Kier alpha value is -3.38. The fourth-order valence-corrected chi connectivity index (χ4v) is 2.47. The van der Waals surface area contributed by atoms with Gasteiger partial charge in [-0.3, -0.25) is 4.79 Å². The molecule has 1 N–H and O–H groups in total. The van der Waals surface area contributed by atoms with Gasteiger partial charge in [-0.25, -0.2) is 10.2 Å². The van der Waals surface area contributed by atoms with E-state index in [1.54, 1.807) is 61.5 Å². The minimum Gasteiger partial charge on any atom is -0.469 e. The van der Waals surface area contributed by atoms with E-state index in [-0.39, 0.29) is 5.91 Å². The molecule has 136 valence electrons. The molecule has 3 aromatic rings. The fraction of sp³-hybridized carbons (Fsp3) is 0.0500. The maximum Gasteiger partial charge on any atom is 0.345 e. The van der Waals surface area contributed by atoms with Gasteiger partial charge in [-0.1, -0.05) is 23.7 Å². The smallest absolute Gasteiger partial charge is 0.345 e. The summed E-state index contributed by atoms with van der Waals surface area (Å²) in [7, 11) is 0. The maximum atomic E-state index is 12.1. The molecule has 3 rings (SSSR count). The van der Waals surface area contributed by atoms with Crippen LogP contribution in [0.2, 0.25) is 5.02 Å². The zero-order valence-electron chi connectivity index (χ0n) is 14.3. The minimum absolute atomic E-state index is 0.294. The first-order valence-corrected chi connectivity index (χ1v) is 8.36. The van der Waals surface area contributed by atoms with Crippen LogP contribution in [0, 0.1) is 6.92 Å². The van der Waals surface area contributed by atoms with Crippen molar-refractivity contribution in [1.29, 1.82) is 0 Å². The molecule has 2 aromatic carbocycles. The molecule has 6 nitrogen and oxygen atoms in total. The summed E-state index contributed by atoms with van der Waals surface area (Å²) in [6.45, 7) is 1.70. The number of furan rings is 1. The van der Waals surface area contributed by atoms with Gasteiger partial charge in [0.2, 0.25) is 0 Å². The number of rotatable bonds is 5. The van der Waals surface area contributed by atoms with Crippen molar-refractivity contribution in [3.8, 4) is 5.75 Å². The van der Waals surface area contributed by atoms with Gasteiger partial charge in [0.15, 0.2) is 0 Å². The number of halogens is 1. The Balaban J connectivity index is 1.59. The van der Waals surface area contributed by atoms with Crippen molar-refractivity contribution in [2.75, 3.05) is 0 Å². The predicted molar refractivity (Wildman–Crippen MR) is 101 cm³/mol. The summed E-state index contributed by atoms with van der Waals surface area (Å²) in [5.74, 6) is -0.00457. The number of amides is 1. The van der Waals surface area contributed by atoms with E-state index in [0.29, 0.717) is 27.7 Å². The first-order valence-electron chi connectivity index (χ1n) is 7.99. The molecule has 0 fully saturated rings. The summed E-state index contributed by atoms with van der Waals surface area (Å²) >= 11 is 5.98. The molecular formula is C20H15ClN2O4. The topological polar surface area (TPSA) is 80.9 Å². The minimum atomic E-state index is -0.537. The number of nitrogens with one attached hydrogen (secondary N) is 1. The second-order valence-electron chi connectivity index (χ2n) is 5.53. The molecule has 0 aliphatic carbocycles. The Bertz CT molecular complexity index is 993. The van der Waals surface area contributed by atoms with Crippen LogP contribution < -0.4 is 10.2 Å². The van der Waals surface area contributed by atoms with Crippen molar-refractivity contribution in [2.45, 2.75) is 6.92 Å². The second-order valence-corrected chi connectivity index (χ2v) is 5.94. The quantitative estimate of drug-likeness (QED) is 0.310. The summed E-state index contributed by atoms with van der Waals surface area (Å²) in [5, 5.41) is 4.23. The number of benzene rings is 2. The highest BCUT2D eigenvalue weighted by Crippen LogP contribution is 2.19. The lowest BCUT2D eigenvalue weighted by Gasteiger charge is -2.05. The number of hydrogen-bond donors (Lipinski definition) is 1. The van der Waals surface area contributed by atoms with Crippen LogP contribution in [0.5, 0.6) is 5.75 Å². The Morgan fingerprint density at radius 2 is 1.81 bits per heavy atom. The first-order chi connectivity index (χ1) is 13.0. The summed E-state index contributed by atoms with van der Waals surface area (Å²) in [6.07, 6.45) is 2.92. The van der Waals surface area contributed by atoms with E-state index in [1.165, 1.54) is 12.5 Å². The number of esters is 1.